The fourth-order valence-corrected chi connectivity index (χ4v) is 3.28. The molecule has 3 aromatic rings. The van der Waals surface area contributed by atoms with Gasteiger partial charge in [-0.3, -0.25) is 19.0 Å². The van der Waals surface area contributed by atoms with Crippen LogP contribution in [0.2, 0.25) is 10.0 Å². The van der Waals surface area contributed by atoms with Crippen LogP contribution in [0.15, 0.2) is 48.5 Å². The molecule has 0 unspecified atom stereocenters. The van der Waals surface area contributed by atoms with E-state index in [2.05, 4.69) is 30.7 Å². The maximum atomic E-state index is 12.0. The van der Waals surface area contributed by atoms with Crippen LogP contribution < -0.4 is 10.6 Å². The minimum atomic E-state index is -0.250. The number of anilines is 1. The van der Waals surface area contributed by atoms with Gasteiger partial charge in [-0.05, 0) is 56.5 Å². The Bertz CT molecular complexity index is 1110. The number of imidazole rings is 1. The predicted octanol–water partition coefficient (Wildman–Crippen LogP) is 5.28. The molecule has 2 aromatic carbocycles. The number of aldehydes is 1. The van der Waals surface area contributed by atoms with Crippen LogP contribution in [0.1, 0.15) is 24.3 Å². The van der Waals surface area contributed by atoms with Crippen molar-refractivity contribution in [1.29, 1.82) is 0 Å². The highest BCUT2D eigenvalue weighted by molar-refractivity contribution is 7.99. The van der Waals surface area contributed by atoms with Gasteiger partial charge in [-0.15, -0.1) is 0 Å². The normalized spacial score (nSPS) is 10.1. The molecule has 35 heavy (non-hydrogen) atoms. The van der Waals surface area contributed by atoms with E-state index in [1.807, 2.05) is 36.4 Å². The third kappa shape index (κ3) is 8.93. The van der Waals surface area contributed by atoms with Crippen LogP contribution in [0, 0.1) is 0 Å². The van der Waals surface area contributed by atoms with Crippen molar-refractivity contribution >= 4 is 60.0 Å². The first kappa shape index (κ1) is 30.0. The Morgan fingerprint density at radius 2 is 1.66 bits per heavy atom. The zero-order valence-electron chi connectivity index (χ0n) is 19.8. The highest BCUT2D eigenvalue weighted by Crippen LogP contribution is 2.33. The molecule has 0 aliphatic heterocycles. The number of halogens is 2. The number of benzene rings is 2. The molecular weight excluding hydrogens is 511 g/mol. The summed E-state index contributed by atoms with van der Waals surface area (Å²) in [5.74, 6) is 1.13. The van der Waals surface area contributed by atoms with E-state index in [9.17, 15) is 4.79 Å². The Morgan fingerprint density at radius 1 is 1.09 bits per heavy atom. The Balaban J connectivity index is 0.000000778. The standard InChI is InChI=1S/C21H21Cl2N3OS.C2H5NO.CH2O2/c1-21(2,28-3)13-24-19-18(12-27)26(15-10-8-14(22)9-11-15)20(25-19)16-6-4-5-7-17(16)23;1-3-2-4;2-1-3/h4-12,24H,13H2,1-3H3;2H,1H3,(H,3,4);1H,(H,2,3). The van der Waals surface area contributed by atoms with E-state index in [1.165, 1.54) is 0 Å². The van der Waals surface area contributed by atoms with Gasteiger partial charge >= 0.3 is 0 Å². The van der Waals surface area contributed by atoms with E-state index in [4.69, 9.17) is 42.9 Å². The minimum Gasteiger partial charge on any atom is -0.483 e. The minimum absolute atomic E-state index is 0.00520. The topological polar surface area (TPSA) is 113 Å². The molecule has 3 N–H and O–H groups in total. The molecule has 188 valence electrons. The third-order valence-electron chi connectivity index (χ3n) is 4.58. The molecule has 0 saturated heterocycles. The van der Waals surface area contributed by atoms with Crippen LogP contribution in [0.25, 0.3) is 17.1 Å². The van der Waals surface area contributed by atoms with E-state index in [1.54, 1.807) is 35.5 Å². The van der Waals surface area contributed by atoms with Crippen LogP contribution in [0.3, 0.4) is 0 Å². The summed E-state index contributed by atoms with van der Waals surface area (Å²) in [6, 6.07) is 14.7. The zero-order chi connectivity index (χ0) is 26.4. The lowest BCUT2D eigenvalue weighted by molar-refractivity contribution is -0.122. The summed E-state index contributed by atoms with van der Waals surface area (Å²) in [6.45, 7) is 4.68. The lowest BCUT2D eigenvalue weighted by atomic mass is 10.2. The Labute approximate surface area is 219 Å². The Kier molecular flexibility index (Phi) is 12.9. The average molecular weight is 539 g/mol. The number of rotatable bonds is 8. The smallest absolute Gasteiger partial charge is 0.290 e. The van der Waals surface area contributed by atoms with Crippen molar-refractivity contribution in [1.82, 2.24) is 14.9 Å². The van der Waals surface area contributed by atoms with Gasteiger partial charge < -0.3 is 15.7 Å². The van der Waals surface area contributed by atoms with Gasteiger partial charge in [-0.1, -0.05) is 35.3 Å². The highest BCUT2D eigenvalue weighted by atomic mass is 35.5. The molecule has 0 saturated carbocycles. The number of aromatic nitrogens is 2. The van der Waals surface area contributed by atoms with Crippen LogP contribution in [-0.2, 0) is 9.59 Å². The summed E-state index contributed by atoms with van der Waals surface area (Å²) < 4.78 is 1.80. The number of nitrogens with one attached hydrogen (secondary N) is 2. The molecule has 1 heterocycles. The second-order valence-corrected chi connectivity index (χ2v) is 9.77. The molecule has 0 aliphatic rings. The molecule has 0 spiro atoms. The second-order valence-electron chi connectivity index (χ2n) is 7.41. The number of carboxylic acid groups (broad SMARTS) is 1. The molecule has 0 bridgehead atoms. The number of hydrogen-bond donors (Lipinski definition) is 3. The largest absolute Gasteiger partial charge is 0.483 e. The molecule has 0 aliphatic carbocycles. The lowest BCUT2D eigenvalue weighted by Crippen LogP contribution is -2.26. The average Bonchev–Trinajstić information content (AvgIpc) is 3.22. The van der Waals surface area contributed by atoms with E-state index >= 15 is 0 Å². The summed E-state index contributed by atoms with van der Waals surface area (Å²) >= 11 is 14.2. The van der Waals surface area contributed by atoms with Gasteiger partial charge in [-0.2, -0.15) is 11.8 Å². The third-order valence-corrected chi connectivity index (χ3v) is 6.41. The molecule has 1 amide bonds. The van der Waals surface area contributed by atoms with Gasteiger partial charge in [0.05, 0.1) is 5.02 Å². The predicted molar refractivity (Wildman–Crippen MR) is 144 cm³/mol. The SMILES string of the molecule is CNC=O.CSC(C)(C)CNc1nc(-c2ccccc2Cl)n(-c2ccc(Cl)cc2)c1C=O.O=CO. The monoisotopic (exact) mass is 538 g/mol. The van der Waals surface area contributed by atoms with Crippen LogP contribution in [0.5, 0.6) is 0 Å². The first-order valence-corrected chi connectivity index (χ1v) is 12.2. The van der Waals surface area contributed by atoms with Crippen molar-refractivity contribution in [2.24, 2.45) is 0 Å². The van der Waals surface area contributed by atoms with Gasteiger partial charge in [0.2, 0.25) is 6.41 Å². The van der Waals surface area contributed by atoms with Gasteiger partial charge in [-0.25, -0.2) is 4.98 Å². The molecule has 8 nitrogen and oxygen atoms in total. The summed E-state index contributed by atoms with van der Waals surface area (Å²) in [6.07, 6.45) is 3.50. The van der Waals surface area contributed by atoms with Crippen molar-refractivity contribution < 1.29 is 19.5 Å². The summed E-state index contributed by atoms with van der Waals surface area (Å²) in [7, 11) is 1.56. The van der Waals surface area contributed by atoms with Crippen molar-refractivity contribution in [3.63, 3.8) is 0 Å². The molecule has 0 radical (unpaired) electrons. The number of hydrogen-bond acceptors (Lipinski definition) is 6. The first-order chi connectivity index (χ1) is 16.7. The fourth-order valence-electron chi connectivity index (χ4n) is 2.72. The molecule has 1 aromatic heterocycles. The van der Waals surface area contributed by atoms with Crippen LogP contribution in [-0.4, -0.2) is 58.4 Å². The second kappa shape index (κ2) is 15.1. The quantitative estimate of drug-likeness (QED) is 0.334. The van der Waals surface area contributed by atoms with E-state index in [0.29, 0.717) is 40.3 Å². The number of carbonyl (C=O) groups is 3. The lowest BCUT2D eigenvalue weighted by Gasteiger charge is -2.22. The Morgan fingerprint density at radius 3 is 2.14 bits per heavy atom. The number of carbonyl (C=O) groups excluding carboxylic acids is 2. The van der Waals surface area contributed by atoms with Gasteiger partial charge in [0.15, 0.2) is 12.1 Å². The van der Waals surface area contributed by atoms with Crippen LogP contribution >= 0.6 is 35.0 Å². The van der Waals surface area contributed by atoms with Gasteiger partial charge in [0.25, 0.3) is 6.47 Å². The summed E-state index contributed by atoms with van der Waals surface area (Å²) in [5, 5.41) is 13.7. The van der Waals surface area contributed by atoms with E-state index < -0.39 is 0 Å². The first-order valence-electron chi connectivity index (χ1n) is 10.3. The van der Waals surface area contributed by atoms with Crippen molar-refractivity contribution in [3.8, 4) is 17.1 Å². The van der Waals surface area contributed by atoms with E-state index in [-0.39, 0.29) is 11.2 Å². The molecule has 0 atom stereocenters. The van der Waals surface area contributed by atoms with Gasteiger partial charge in [0, 0.05) is 34.6 Å². The molecule has 0 fully saturated rings. The maximum Gasteiger partial charge on any atom is 0.290 e. The summed E-state index contributed by atoms with van der Waals surface area (Å²) in [4.78, 5) is 34.2. The number of thioether (sulfide) groups is 1. The molecular formula is C24H28Cl2N4O4S. The van der Waals surface area contributed by atoms with Crippen molar-refractivity contribution in [2.75, 3.05) is 25.2 Å². The highest BCUT2D eigenvalue weighted by Gasteiger charge is 2.23. The maximum absolute atomic E-state index is 12.0. The van der Waals surface area contributed by atoms with Crippen molar-refractivity contribution in [2.45, 2.75) is 18.6 Å². The fraction of sp³-hybridized carbons (Fsp3) is 0.250. The molecule has 11 heteroatoms. The van der Waals surface area contributed by atoms with Crippen LogP contribution in [0.4, 0.5) is 5.82 Å². The van der Waals surface area contributed by atoms with Gasteiger partial charge in [0.1, 0.15) is 11.5 Å². The van der Waals surface area contributed by atoms with Crippen molar-refractivity contribution in [3.05, 3.63) is 64.3 Å². The zero-order valence-corrected chi connectivity index (χ0v) is 22.1. The van der Waals surface area contributed by atoms with E-state index in [0.717, 1.165) is 17.5 Å². The Hall–Kier alpha value is -3.01. The number of nitrogens with zero attached hydrogens (tertiary/aromatic N) is 2. The molecule has 3 rings (SSSR count). The summed E-state index contributed by atoms with van der Waals surface area (Å²) in [5.41, 5.74) is 1.97. The number of amides is 1.